The number of rotatable bonds is 1. The van der Waals surface area contributed by atoms with Crippen LogP contribution in [0.4, 0.5) is 0 Å². The molecule has 0 saturated carbocycles. The molecule has 0 aliphatic carbocycles. The normalized spacial score (nSPS) is 25.5. The quantitative estimate of drug-likeness (QED) is 0.579. The van der Waals surface area contributed by atoms with Crippen LogP contribution in [-0.2, 0) is 17.8 Å². The van der Waals surface area contributed by atoms with Crippen molar-refractivity contribution in [2.75, 3.05) is 7.05 Å². The highest BCUT2D eigenvalue weighted by Crippen LogP contribution is 2.12. The van der Waals surface area contributed by atoms with Crippen LogP contribution in [0.2, 0.25) is 0 Å². The van der Waals surface area contributed by atoms with Crippen LogP contribution >= 0.6 is 0 Å². The summed E-state index contributed by atoms with van der Waals surface area (Å²) in [6.07, 6.45) is 0.588. The fourth-order valence-corrected chi connectivity index (χ4v) is 2.03. The van der Waals surface area contributed by atoms with Gasteiger partial charge in [-0.2, -0.15) is 0 Å². The monoisotopic (exact) mass is 191 g/mol. The summed E-state index contributed by atoms with van der Waals surface area (Å²) < 4.78 is 0. The van der Waals surface area contributed by atoms with Gasteiger partial charge < -0.3 is 14.8 Å². The Kier molecular flexibility index (Phi) is 2.25. The minimum absolute atomic E-state index is 0.398. The van der Waals surface area contributed by atoms with E-state index in [0.29, 0.717) is 6.42 Å². The van der Waals surface area contributed by atoms with Gasteiger partial charge in [0.05, 0.1) is 13.0 Å². The van der Waals surface area contributed by atoms with Crippen LogP contribution in [0.1, 0.15) is 11.1 Å². The highest BCUT2D eigenvalue weighted by Gasteiger charge is 2.27. The van der Waals surface area contributed by atoms with Gasteiger partial charge in [0, 0.05) is 12.0 Å². The first-order valence-corrected chi connectivity index (χ1v) is 4.78. The molecule has 3 nitrogen and oxygen atoms in total. The predicted octanol–water partition coefficient (Wildman–Crippen LogP) is -1.62. The van der Waals surface area contributed by atoms with E-state index in [1.54, 1.807) is 0 Å². The molecule has 0 radical (unpaired) electrons. The van der Waals surface area contributed by atoms with Crippen LogP contribution in [-0.4, -0.2) is 19.1 Å². The van der Waals surface area contributed by atoms with Gasteiger partial charge in [-0.15, -0.1) is 0 Å². The molecule has 74 valence electrons. The number of hydrogen-bond donors (Lipinski definition) is 1. The van der Waals surface area contributed by atoms with E-state index >= 15 is 0 Å². The number of benzene rings is 1. The Hall–Kier alpha value is -1.35. The molecule has 1 unspecified atom stereocenters. The van der Waals surface area contributed by atoms with Crippen LogP contribution in [0, 0.1) is 0 Å². The van der Waals surface area contributed by atoms with E-state index in [2.05, 4.69) is 6.07 Å². The maximum atomic E-state index is 10.8. The van der Waals surface area contributed by atoms with Crippen LogP contribution < -0.4 is 10.0 Å². The number of fused-ring (bicyclic) bond motifs is 1. The van der Waals surface area contributed by atoms with E-state index in [1.165, 1.54) is 5.56 Å². The number of aliphatic carboxylic acids is 1. The average molecular weight is 191 g/mol. The third kappa shape index (κ3) is 1.51. The van der Waals surface area contributed by atoms with Gasteiger partial charge in [-0.05, 0) is 5.56 Å². The molecule has 0 amide bonds. The van der Waals surface area contributed by atoms with E-state index in [4.69, 9.17) is 0 Å². The van der Waals surface area contributed by atoms with Crippen molar-refractivity contribution >= 4 is 5.97 Å². The second-order valence-electron chi connectivity index (χ2n) is 3.87. The Balaban J connectivity index is 2.31. The summed E-state index contributed by atoms with van der Waals surface area (Å²) in [5, 5.41) is 10.8. The van der Waals surface area contributed by atoms with Gasteiger partial charge in [0.2, 0.25) is 0 Å². The van der Waals surface area contributed by atoms with E-state index in [9.17, 15) is 9.90 Å². The highest BCUT2D eigenvalue weighted by molar-refractivity contribution is 5.70. The predicted molar refractivity (Wildman–Crippen MR) is 49.5 cm³/mol. The van der Waals surface area contributed by atoms with Gasteiger partial charge in [-0.3, -0.25) is 0 Å². The SMILES string of the molecule is C[NH+]1Cc2ccccc2C[C@H]1C(=O)[O-]. The number of carboxylic acids is 1. The molecule has 1 heterocycles. The summed E-state index contributed by atoms with van der Waals surface area (Å²) >= 11 is 0. The van der Waals surface area contributed by atoms with Gasteiger partial charge in [0.15, 0.2) is 0 Å². The number of hydrogen-bond acceptors (Lipinski definition) is 2. The zero-order chi connectivity index (χ0) is 10.1. The molecule has 0 spiro atoms. The van der Waals surface area contributed by atoms with Gasteiger partial charge in [-0.1, -0.05) is 24.3 Å². The number of carboxylic acid groups (broad SMARTS) is 1. The number of nitrogens with one attached hydrogen (secondary N) is 1. The van der Waals surface area contributed by atoms with Crippen molar-refractivity contribution in [2.45, 2.75) is 19.0 Å². The maximum Gasteiger partial charge on any atom is 0.132 e. The van der Waals surface area contributed by atoms with Crippen molar-refractivity contribution in [3.63, 3.8) is 0 Å². The zero-order valence-corrected chi connectivity index (χ0v) is 8.12. The summed E-state index contributed by atoms with van der Waals surface area (Å²) in [6, 6.07) is 7.60. The molecule has 1 aliphatic rings. The summed E-state index contributed by atoms with van der Waals surface area (Å²) in [7, 11) is 1.90. The summed E-state index contributed by atoms with van der Waals surface area (Å²) in [6.45, 7) is 0.773. The smallest absolute Gasteiger partial charge is 0.132 e. The van der Waals surface area contributed by atoms with Crippen LogP contribution in [0.5, 0.6) is 0 Å². The molecule has 1 aliphatic heterocycles. The number of carbonyl (C=O) groups is 1. The van der Waals surface area contributed by atoms with Gasteiger partial charge in [-0.25, -0.2) is 0 Å². The molecule has 2 rings (SSSR count). The first kappa shape index (κ1) is 9.21. The first-order valence-electron chi connectivity index (χ1n) is 4.78. The van der Waals surface area contributed by atoms with Crippen LogP contribution in [0.3, 0.4) is 0 Å². The molecule has 0 bridgehead atoms. The maximum absolute atomic E-state index is 10.8. The van der Waals surface area contributed by atoms with Crippen molar-refractivity contribution in [2.24, 2.45) is 0 Å². The molecule has 0 fully saturated rings. The van der Waals surface area contributed by atoms with Gasteiger partial charge >= 0.3 is 0 Å². The second-order valence-corrected chi connectivity index (χ2v) is 3.87. The molecule has 3 heteroatoms. The molecular formula is C11H13NO2. The Morgan fingerprint density at radius 2 is 2.07 bits per heavy atom. The molecule has 2 atom stereocenters. The van der Waals surface area contributed by atoms with Crippen LogP contribution in [0.25, 0.3) is 0 Å². The summed E-state index contributed by atoms with van der Waals surface area (Å²) in [5.74, 6) is -0.947. The van der Waals surface area contributed by atoms with Crippen molar-refractivity contribution in [3.05, 3.63) is 35.4 Å². The molecular weight excluding hydrogens is 178 g/mol. The van der Waals surface area contributed by atoms with Crippen molar-refractivity contribution < 1.29 is 14.8 Å². The van der Waals surface area contributed by atoms with Gasteiger partial charge in [0.1, 0.15) is 12.6 Å². The lowest BCUT2D eigenvalue weighted by molar-refractivity contribution is -0.915. The van der Waals surface area contributed by atoms with Crippen LogP contribution in [0.15, 0.2) is 24.3 Å². The lowest BCUT2D eigenvalue weighted by Crippen LogP contribution is -3.14. The average Bonchev–Trinajstić information content (AvgIpc) is 2.16. The Morgan fingerprint density at radius 3 is 2.71 bits per heavy atom. The number of likely N-dealkylation sites (N-methyl/N-ethyl adjacent to an activating group) is 1. The first-order chi connectivity index (χ1) is 6.68. The standard InChI is InChI=1S/C11H13NO2/c1-12-7-9-5-3-2-4-8(9)6-10(12)11(13)14/h2-5,10H,6-7H2,1H3,(H,13,14)/t10-/m0/s1. The lowest BCUT2D eigenvalue weighted by atomic mass is 9.95. The molecule has 1 aromatic carbocycles. The lowest BCUT2D eigenvalue weighted by Gasteiger charge is -2.31. The number of carbonyl (C=O) groups excluding carboxylic acids is 1. The Morgan fingerprint density at radius 1 is 1.43 bits per heavy atom. The molecule has 1 aromatic rings. The van der Waals surface area contributed by atoms with E-state index in [-0.39, 0.29) is 0 Å². The third-order valence-corrected chi connectivity index (χ3v) is 2.89. The molecule has 0 saturated heterocycles. The number of quaternary nitrogens is 1. The largest absolute Gasteiger partial charge is 0.544 e. The fourth-order valence-electron chi connectivity index (χ4n) is 2.03. The van der Waals surface area contributed by atoms with E-state index in [0.717, 1.165) is 17.0 Å². The molecule has 1 N–H and O–H groups in total. The van der Waals surface area contributed by atoms with Crippen molar-refractivity contribution in [1.82, 2.24) is 0 Å². The molecule has 0 aromatic heterocycles. The Bertz CT molecular complexity index is 362. The van der Waals surface area contributed by atoms with Crippen molar-refractivity contribution in [3.8, 4) is 0 Å². The minimum atomic E-state index is -0.947. The topological polar surface area (TPSA) is 44.6 Å². The highest BCUT2D eigenvalue weighted by atomic mass is 16.4. The fraction of sp³-hybridized carbons (Fsp3) is 0.364. The summed E-state index contributed by atoms with van der Waals surface area (Å²) in [4.78, 5) is 11.8. The second kappa shape index (κ2) is 3.42. The van der Waals surface area contributed by atoms with Crippen molar-refractivity contribution in [1.29, 1.82) is 0 Å². The van der Waals surface area contributed by atoms with E-state index < -0.39 is 12.0 Å². The minimum Gasteiger partial charge on any atom is -0.544 e. The Labute approximate surface area is 83.0 Å². The zero-order valence-electron chi connectivity index (χ0n) is 8.12. The van der Waals surface area contributed by atoms with E-state index in [1.807, 2.05) is 25.2 Å². The van der Waals surface area contributed by atoms with Gasteiger partial charge in [0.25, 0.3) is 0 Å². The molecule has 14 heavy (non-hydrogen) atoms. The summed E-state index contributed by atoms with van der Waals surface area (Å²) in [5.41, 5.74) is 2.40. The third-order valence-electron chi connectivity index (χ3n) is 2.89.